The molecule has 108 valence electrons. The molecule has 2 aromatic rings. The molecule has 0 saturated heterocycles. The minimum absolute atomic E-state index is 0.321. The maximum Gasteiger partial charge on any atom is 0.0837 e. The summed E-state index contributed by atoms with van der Waals surface area (Å²) in [6, 6.07) is 5.78. The Hall–Kier alpha value is -0.880. The molecule has 1 heterocycles. The largest absolute Gasteiger partial charge is 0.383 e. The van der Waals surface area contributed by atoms with Crippen molar-refractivity contribution in [2.45, 2.75) is 19.5 Å². The number of benzene rings is 1. The Labute approximate surface area is 132 Å². The van der Waals surface area contributed by atoms with Gasteiger partial charge in [0.05, 0.1) is 36.1 Å². The molecule has 0 saturated carbocycles. The van der Waals surface area contributed by atoms with Crippen LogP contribution in [0.25, 0.3) is 0 Å². The number of aryl methyl sites for hydroxylation is 1. The molecule has 6 heteroatoms. The number of halogens is 2. The molecule has 1 aromatic heterocycles. The van der Waals surface area contributed by atoms with Crippen molar-refractivity contribution >= 4 is 27.5 Å². The third kappa shape index (κ3) is 3.41. The Bertz CT molecular complexity index is 580. The maximum atomic E-state index is 6.36. The highest BCUT2D eigenvalue weighted by Gasteiger charge is 2.19. The van der Waals surface area contributed by atoms with Crippen LogP contribution in [0.15, 0.2) is 28.9 Å². The number of ether oxygens (including phenoxy) is 1. The number of nitrogens with zero attached hydrogens (tertiary/aromatic N) is 2. The van der Waals surface area contributed by atoms with Gasteiger partial charge in [0, 0.05) is 11.6 Å². The number of hydrogen-bond acceptors (Lipinski definition) is 3. The highest BCUT2D eigenvalue weighted by atomic mass is 79.9. The van der Waals surface area contributed by atoms with Crippen LogP contribution < -0.4 is 5.73 Å². The van der Waals surface area contributed by atoms with Crippen molar-refractivity contribution in [2.75, 3.05) is 13.7 Å². The van der Waals surface area contributed by atoms with Gasteiger partial charge in [-0.25, -0.2) is 0 Å². The van der Waals surface area contributed by atoms with Crippen molar-refractivity contribution in [3.05, 3.63) is 50.7 Å². The number of aromatic nitrogens is 2. The first-order valence-corrected chi connectivity index (χ1v) is 7.43. The van der Waals surface area contributed by atoms with E-state index in [1.165, 1.54) is 0 Å². The van der Waals surface area contributed by atoms with Gasteiger partial charge >= 0.3 is 0 Å². The normalized spacial score (nSPS) is 12.7. The highest BCUT2D eigenvalue weighted by Crippen LogP contribution is 2.28. The summed E-state index contributed by atoms with van der Waals surface area (Å²) in [4.78, 5) is 0. The fourth-order valence-corrected chi connectivity index (χ4v) is 3.02. The van der Waals surface area contributed by atoms with Crippen LogP contribution in [0.2, 0.25) is 5.02 Å². The Balaban J connectivity index is 2.36. The van der Waals surface area contributed by atoms with E-state index < -0.39 is 0 Å². The van der Waals surface area contributed by atoms with Crippen LogP contribution in [0, 0.1) is 6.92 Å². The fourth-order valence-electron chi connectivity index (χ4n) is 2.14. The zero-order valence-electron chi connectivity index (χ0n) is 11.4. The van der Waals surface area contributed by atoms with Crippen LogP contribution >= 0.6 is 27.5 Å². The summed E-state index contributed by atoms with van der Waals surface area (Å²) < 4.78 is 7.88. The van der Waals surface area contributed by atoms with E-state index in [9.17, 15) is 0 Å². The monoisotopic (exact) mass is 357 g/mol. The Kier molecular flexibility index (Phi) is 5.21. The van der Waals surface area contributed by atoms with E-state index in [0.717, 1.165) is 21.3 Å². The van der Waals surface area contributed by atoms with Crippen molar-refractivity contribution in [3.63, 3.8) is 0 Å². The molecular formula is C14H17BrClN3O. The van der Waals surface area contributed by atoms with E-state index in [0.29, 0.717) is 18.2 Å². The molecule has 0 fully saturated rings. The van der Waals surface area contributed by atoms with Gasteiger partial charge in [-0.15, -0.1) is 0 Å². The van der Waals surface area contributed by atoms with Crippen LogP contribution in [0.5, 0.6) is 0 Å². The van der Waals surface area contributed by atoms with Gasteiger partial charge in [0.15, 0.2) is 0 Å². The molecule has 0 bridgehead atoms. The van der Waals surface area contributed by atoms with Crippen molar-refractivity contribution in [3.8, 4) is 0 Å². The van der Waals surface area contributed by atoms with Crippen LogP contribution in [-0.2, 0) is 11.3 Å². The zero-order valence-corrected chi connectivity index (χ0v) is 13.8. The summed E-state index contributed by atoms with van der Waals surface area (Å²) in [6.07, 6.45) is 1.62. The predicted octanol–water partition coefficient (Wildman–Crippen LogP) is 3.30. The molecule has 20 heavy (non-hydrogen) atoms. The highest BCUT2D eigenvalue weighted by molar-refractivity contribution is 9.10. The molecule has 0 aliphatic carbocycles. The first-order valence-electron chi connectivity index (χ1n) is 6.25. The molecule has 0 amide bonds. The van der Waals surface area contributed by atoms with Gasteiger partial charge in [0.2, 0.25) is 0 Å². The molecule has 0 spiro atoms. The van der Waals surface area contributed by atoms with Crippen molar-refractivity contribution < 1.29 is 4.74 Å². The molecule has 2 N–H and O–H groups in total. The molecule has 1 aromatic carbocycles. The first-order chi connectivity index (χ1) is 9.52. The van der Waals surface area contributed by atoms with E-state index in [2.05, 4.69) is 27.1 Å². The lowest BCUT2D eigenvalue weighted by Crippen LogP contribution is -2.19. The van der Waals surface area contributed by atoms with Crippen molar-refractivity contribution in [1.82, 2.24) is 9.78 Å². The van der Waals surface area contributed by atoms with E-state index >= 15 is 0 Å². The smallest absolute Gasteiger partial charge is 0.0837 e. The van der Waals surface area contributed by atoms with E-state index in [1.807, 2.05) is 19.1 Å². The standard InChI is InChI=1S/C14H17BrClN3O/c1-9-5-10(7-11(15)6-9)13(17)14-12(16)8-18-19(14)3-4-20-2/h5-8,13H,3-4,17H2,1-2H3. The Morgan fingerprint density at radius 1 is 1.45 bits per heavy atom. The summed E-state index contributed by atoms with van der Waals surface area (Å²) in [5.41, 5.74) is 9.31. The van der Waals surface area contributed by atoms with E-state index in [1.54, 1.807) is 18.0 Å². The lowest BCUT2D eigenvalue weighted by molar-refractivity contribution is 0.182. The summed E-state index contributed by atoms with van der Waals surface area (Å²) in [7, 11) is 1.66. The molecule has 4 nitrogen and oxygen atoms in total. The van der Waals surface area contributed by atoms with Crippen molar-refractivity contribution in [1.29, 1.82) is 0 Å². The molecule has 0 aliphatic rings. The lowest BCUT2D eigenvalue weighted by atomic mass is 10.0. The van der Waals surface area contributed by atoms with Gasteiger partial charge in [-0.3, -0.25) is 4.68 Å². The topological polar surface area (TPSA) is 53.1 Å². The molecule has 2 rings (SSSR count). The van der Waals surface area contributed by atoms with Crippen LogP contribution in [0.3, 0.4) is 0 Å². The number of hydrogen-bond donors (Lipinski definition) is 1. The maximum absolute atomic E-state index is 6.36. The predicted molar refractivity (Wildman–Crippen MR) is 84.0 cm³/mol. The van der Waals surface area contributed by atoms with Gasteiger partial charge in [-0.1, -0.05) is 33.6 Å². The Morgan fingerprint density at radius 3 is 2.85 bits per heavy atom. The summed E-state index contributed by atoms with van der Waals surface area (Å²) in [5, 5.41) is 4.83. The molecular weight excluding hydrogens is 342 g/mol. The second-order valence-corrected chi connectivity index (χ2v) is 5.96. The van der Waals surface area contributed by atoms with E-state index in [4.69, 9.17) is 22.1 Å². The van der Waals surface area contributed by atoms with E-state index in [-0.39, 0.29) is 6.04 Å². The van der Waals surface area contributed by atoms with Crippen LogP contribution in [-0.4, -0.2) is 23.5 Å². The molecule has 1 unspecified atom stereocenters. The first kappa shape index (κ1) is 15.5. The van der Waals surface area contributed by atoms with Crippen LogP contribution in [0.1, 0.15) is 22.9 Å². The minimum Gasteiger partial charge on any atom is -0.383 e. The second-order valence-electron chi connectivity index (χ2n) is 4.63. The number of nitrogens with two attached hydrogens (primary N) is 1. The summed E-state index contributed by atoms with van der Waals surface area (Å²) >= 11 is 9.72. The summed E-state index contributed by atoms with van der Waals surface area (Å²) in [6.45, 7) is 3.22. The average molecular weight is 359 g/mol. The lowest BCUT2D eigenvalue weighted by Gasteiger charge is -2.16. The SMILES string of the molecule is COCCn1ncc(Cl)c1C(N)c1cc(C)cc(Br)c1. The number of rotatable bonds is 5. The quantitative estimate of drug-likeness (QED) is 0.892. The summed E-state index contributed by atoms with van der Waals surface area (Å²) in [5.74, 6) is 0. The molecule has 0 aliphatic heterocycles. The second kappa shape index (κ2) is 6.72. The minimum atomic E-state index is -0.321. The van der Waals surface area contributed by atoms with Gasteiger partial charge in [-0.2, -0.15) is 5.10 Å². The van der Waals surface area contributed by atoms with Gasteiger partial charge < -0.3 is 10.5 Å². The molecule has 0 radical (unpaired) electrons. The third-order valence-corrected chi connectivity index (χ3v) is 3.81. The zero-order chi connectivity index (χ0) is 14.7. The van der Waals surface area contributed by atoms with Crippen LogP contribution in [0.4, 0.5) is 0 Å². The van der Waals surface area contributed by atoms with Gasteiger partial charge in [-0.05, 0) is 30.2 Å². The molecule has 1 atom stereocenters. The van der Waals surface area contributed by atoms with Gasteiger partial charge in [0.25, 0.3) is 0 Å². The average Bonchev–Trinajstić information content (AvgIpc) is 2.75. The Morgan fingerprint density at radius 2 is 2.20 bits per heavy atom. The van der Waals surface area contributed by atoms with Gasteiger partial charge in [0.1, 0.15) is 0 Å². The van der Waals surface area contributed by atoms with Crippen molar-refractivity contribution in [2.24, 2.45) is 5.73 Å². The fraction of sp³-hybridized carbons (Fsp3) is 0.357. The third-order valence-electron chi connectivity index (χ3n) is 3.06. The number of methoxy groups -OCH3 is 1.